The number of sulfone groups is 6. The Morgan fingerprint density at radius 1 is 0.382 bits per heavy atom. The van der Waals surface area contributed by atoms with Crippen molar-refractivity contribution in [3.63, 3.8) is 0 Å². The number of benzene rings is 3. The molecule has 0 saturated carbocycles. The summed E-state index contributed by atoms with van der Waals surface area (Å²) in [6, 6.07) is 22.7. The Morgan fingerprint density at radius 3 is 0.709 bits per heavy atom. The van der Waals surface area contributed by atoms with Crippen molar-refractivity contribution in [1.29, 1.82) is 0 Å². The van der Waals surface area contributed by atoms with Crippen LogP contribution in [0.2, 0.25) is 15.8 Å². The highest BCUT2D eigenvalue weighted by Gasteiger charge is 2.57. The molecular formula is C36H51AlO12S6. The second-order valence-electron chi connectivity index (χ2n) is 15.3. The standard InChI is InChI=1S/3C12H17O4S2.Al/c3*1-10(17(3,13)14)12(2,18(4,15)16)11-8-6-5-7-9-11;/h3*5-10H,1H2,2-4H3;. The van der Waals surface area contributed by atoms with E-state index < -0.39 is 119 Å². The Labute approximate surface area is 333 Å². The fourth-order valence-corrected chi connectivity index (χ4v) is 28.2. The van der Waals surface area contributed by atoms with Gasteiger partial charge in [0.1, 0.15) is 14.2 Å². The van der Waals surface area contributed by atoms with Crippen LogP contribution in [0.3, 0.4) is 0 Å². The molecule has 0 aromatic heterocycles. The second-order valence-corrected chi connectivity index (χ2v) is 32.3. The van der Waals surface area contributed by atoms with Crippen molar-refractivity contribution in [2.75, 3.05) is 37.5 Å². The summed E-state index contributed by atoms with van der Waals surface area (Å²) < 4.78 is 160. The van der Waals surface area contributed by atoms with E-state index >= 15 is 0 Å². The normalized spacial score (nSPS) is 18.5. The minimum atomic E-state index is -4.40. The highest BCUT2D eigenvalue weighted by atomic mass is 32.2. The number of hydrogen-bond acceptors (Lipinski definition) is 12. The van der Waals surface area contributed by atoms with E-state index in [1.54, 1.807) is 18.2 Å². The topological polar surface area (TPSA) is 205 Å². The van der Waals surface area contributed by atoms with Gasteiger partial charge in [-0.15, -0.1) is 0 Å². The fraction of sp³-hybridized carbons (Fsp3) is 0.500. The first-order valence-corrected chi connectivity index (χ1v) is 31.1. The van der Waals surface area contributed by atoms with E-state index in [-0.39, 0.29) is 16.7 Å². The van der Waals surface area contributed by atoms with Gasteiger partial charge in [-0.3, -0.25) is 0 Å². The molecule has 0 N–H and O–H groups in total. The van der Waals surface area contributed by atoms with Gasteiger partial charge in [-0.1, -0.05) is 107 Å². The molecule has 0 radical (unpaired) electrons. The minimum absolute atomic E-state index is 0.107. The zero-order chi connectivity index (χ0) is 42.3. The van der Waals surface area contributed by atoms with Crippen molar-refractivity contribution in [2.24, 2.45) is 0 Å². The second kappa shape index (κ2) is 16.3. The molecule has 0 saturated heterocycles. The van der Waals surface area contributed by atoms with Crippen molar-refractivity contribution in [2.45, 2.75) is 66.6 Å². The molecule has 6 atom stereocenters. The van der Waals surface area contributed by atoms with E-state index in [4.69, 9.17) is 0 Å². The van der Waals surface area contributed by atoms with Crippen LogP contribution in [0.4, 0.5) is 0 Å². The smallest absolute Gasteiger partial charge is 0.229 e. The van der Waals surface area contributed by atoms with Gasteiger partial charge in [0.25, 0.3) is 14.1 Å². The average molecular weight is 895 g/mol. The van der Waals surface area contributed by atoms with E-state index in [1.807, 2.05) is 0 Å². The largest absolute Gasteiger partial charge is 0.266 e. The van der Waals surface area contributed by atoms with Gasteiger partial charge in [0, 0.05) is 37.5 Å². The Hall–Kier alpha value is -2.11. The van der Waals surface area contributed by atoms with Crippen LogP contribution in [0.25, 0.3) is 0 Å². The van der Waals surface area contributed by atoms with Crippen molar-refractivity contribution in [3.8, 4) is 0 Å². The molecule has 306 valence electrons. The first-order valence-electron chi connectivity index (χ1n) is 17.1. The summed E-state index contributed by atoms with van der Waals surface area (Å²) >= 11 is -3.52. The van der Waals surface area contributed by atoms with E-state index in [1.165, 1.54) is 93.6 Å². The van der Waals surface area contributed by atoms with Gasteiger partial charge in [-0.05, 0) is 37.5 Å². The Morgan fingerprint density at radius 2 is 0.564 bits per heavy atom. The van der Waals surface area contributed by atoms with Crippen molar-refractivity contribution >= 4 is 73.2 Å². The zero-order valence-electron chi connectivity index (χ0n) is 32.4. The lowest BCUT2D eigenvalue weighted by molar-refractivity contribution is 0.505. The highest BCUT2D eigenvalue weighted by Crippen LogP contribution is 2.46. The molecule has 0 fully saturated rings. The van der Waals surface area contributed by atoms with Gasteiger partial charge in [-0.25, -0.2) is 50.5 Å². The quantitative estimate of drug-likeness (QED) is 0.168. The Balaban J connectivity index is 2.54. The summed E-state index contributed by atoms with van der Waals surface area (Å²) in [4.78, 5) is 0. The number of rotatable bonds is 18. The molecule has 0 bridgehead atoms. The molecule has 55 heavy (non-hydrogen) atoms. The first kappa shape index (κ1) is 47.3. The van der Waals surface area contributed by atoms with Crippen LogP contribution in [0.1, 0.15) is 37.5 Å². The molecule has 0 aliphatic carbocycles. The minimum Gasteiger partial charge on any atom is -0.229 e. The summed E-state index contributed by atoms with van der Waals surface area (Å²) in [6.07, 6.45) is 5.14. The summed E-state index contributed by atoms with van der Waals surface area (Å²) in [5.74, 6) is 0. The van der Waals surface area contributed by atoms with Crippen molar-refractivity contribution in [1.82, 2.24) is 0 Å². The maximum atomic E-state index is 14.0. The van der Waals surface area contributed by atoms with Gasteiger partial charge < -0.3 is 0 Å². The fourth-order valence-electron chi connectivity index (χ4n) is 7.84. The summed E-state index contributed by atoms with van der Waals surface area (Å²) in [5, 5.41) is -7.05. The lowest BCUT2D eigenvalue weighted by Gasteiger charge is -2.41. The van der Waals surface area contributed by atoms with Crippen LogP contribution in [-0.2, 0) is 73.3 Å². The van der Waals surface area contributed by atoms with Crippen LogP contribution in [0.5, 0.6) is 0 Å². The van der Waals surface area contributed by atoms with Gasteiger partial charge in [0.15, 0.2) is 59.0 Å². The highest BCUT2D eigenvalue weighted by molar-refractivity contribution is 7.96. The summed E-state index contributed by atoms with van der Waals surface area (Å²) in [5.41, 5.74) is 0.321. The Kier molecular flexibility index (Phi) is 14.0. The van der Waals surface area contributed by atoms with E-state index in [0.29, 0.717) is 0 Å². The third-order valence-corrected chi connectivity index (χ3v) is 27.5. The van der Waals surface area contributed by atoms with Gasteiger partial charge in [0.2, 0.25) is 0 Å². The number of hydrogen-bond donors (Lipinski definition) is 0. The molecule has 0 aliphatic heterocycles. The van der Waals surface area contributed by atoms with E-state index in [0.717, 1.165) is 37.5 Å². The monoisotopic (exact) mass is 894 g/mol. The molecule has 6 unspecified atom stereocenters. The SMILES string of the molecule is CC(c1ccccc1)(C([CH2][Al]([CH2]C(C(C)(c1ccccc1)S(C)(=O)=O)S(C)(=O)=O)[CH2]C(C(C)(c1ccccc1)S(C)(=O)=O)S(C)(=O)=O)S(C)(=O)=O)S(C)(=O)=O. The van der Waals surface area contributed by atoms with Gasteiger partial charge in [-0.2, -0.15) is 0 Å². The first-order chi connectivity index (χ1) is 24.7. The summed E-state index contributed by atoms with van der Waals surface area (Å²) in [7, 11) is -26.2. The van der Waals surface area contributed by atoms with Gasteiger partial charge in [0.05, 0.1) is 15.7 Å². The van der Waals surface area contributed by atoms with Crippen LogP contribution in [0, 0.1) is 0 Å². The molecular weight excluding hydrogens is 844 g/mol. The third-order valence-electron chi connectivity index (χ3n) is 11.4. The molecule has 0 heterocycles. The summed E-state index contributed by atoms with van der Waals surface area (Å²) in [6.45, 7) is 3.73. The molecule has 3 rings (SSSR count). The lowest BCUT2D eigenvalue weighted by atomic mass is 9.96. The lowest BCUT2D eigenvalue weighted by Crippen LogP contribution is -2.54. The van der Waals surface area contributed by atoms with E-state index in [2.05, 4.69) is 0 Å². The van der Waals surface area contributed by atoms with Crippen LogP contribution < -0.4 is 0 Å². The van der Waals surface area contributed by atoms with Crippen LogP contribution in [-0.4, -0.2) is 118 Å². The molecule has 3 aromatic carbocycles. The van der Waals surface area contributed by atoms with E-state index in [9.17, 15) is 50.5 Å². The molecule has 0 aliphatic rings. The predicted molar refractivity (Wildman–Crippen MR) is 222 cm³/mol. The molecule has 19 heteroatoms. The van der Waals surface area contributed by atoms with Crippen molar-refractivity contribution < 1.29 is 50.5 Å². The van der Waals surface area contributed by atoms with Gasteiger partial charge >= 0.3 is 0 Å². The molecule has 0 spiro atoms. The maximum Gasteiger partial charge on any atom is 0.266 e. The zero-order valence-corrected chi connectivity index (χ0v) is 38.5. The van der Waals surface area contributed by atoms with Crippen LogP contribution >= 0.6 is 0 Å². The van der Waals surface area contributed by atoms with Crippen LogP contribution in [0.15, 0.2) is 91.0 Å². The average Bonchev–Trinajstić information content (AvgIpc) is 3.05. The molecule has 12 nitrogen and oxygen atoms in total. The van der Waals surface area contributed by atoms with Crippen molar-refractivity contribution in [3.05, 3.63) is 108 Å². The Bertz CT molecular complexity index is 2230. The molecule has 0 amide bonds. The maximum absolute atomic E-state index is 14.0. The molecule has 3 aromatic rings. The predicted octanol–water partition coefficient (Wildman–Crippen LogP) is 3.60. The third kappa shape index (κ3) is 9.79.